The standard InChI is InChI=1S/C16H14O3S2/c1-11-7-3-5-9-13(11)15(17)20-19-21-16(18)14-10-6-4-8-12(14)2/h3-10H,1-2H3. The lowest BCUT2D eigenvalue weighted by atomic mass is 10.1. The molecule has 2 rings (SSSR count). The molecule has 0 amide bonds. The average molecular weight is 318 g/mol. The molecule has 0 fully saturated rings. The van der Waals surface area contributed by atoms with Crippen molar-refractivity contribution < 1.29 is 13.2 Å². The predicted molar refractivity (Wildman–Crippen MR) is 87.3 cm³/mol. The van der Waals surface area contributed by atoms with Gasteiger partial charge in [0.1, 0.15) is 0 Å². The highest BCUT2D eigenvalue weighted by Crippen LogP contribution is 2.25. The van der Waals surface area contributed by atoms with Gasteiger partial charge in [-0.05, 0) is 25.0 Å². The zero-order valence-electron chi connectivity index (χ0n) is 11.7. The van der Waals surface area contributed by atoms with Crippen molar-refractivity contribution >= 4 is 34.3 Å². The van der Waals surface area contributed by atoms with Gasteiger partial charge in [-0.25, -0.2) is 3.63 Å². The number of aryl methyl sites for hydroxylation is 2. The van der Waals surface area contributed by atoms with E-state index in [1.165, 1.54) is 0 Å². The Bertz CT molecular complexity index is 611. The fourth-order valence-electron chi connectivity index (χ4n) is 1.77. The van der Waals surface area contributed by atoms with Gasteiger partial charge in [-0.15, -0.1) is 0 Å². The van der Waals surface area contributed by atoms with E-state index in [1.807, 2.05) is 38.1 Å². The van der Waals surface area contributed by atoms with Crippen LogP contribution in [0.1, 0.15) is 31.8 Å². The molecular weight excluding hydrogens is 304 g/mol. The van der Waals surface area contributed by atoms with Crippen LogP contribution >= 0.6 is 24.1 Å². The molecule has 0 saturated heterocycles. The molecular formula is C16H14O3S2. The second-order valence-corrected chi connectivity index (χ2v) is 6.06. The summed E-state index contributed by atoms with van der Waals surface area (Å²) >= 11 is 1.35. The summed E-state index contributed by atoms with van der Waals surface area (Å²) in [5.74, 6) is 0. The maximum Gasteiger partial charge on any atom is 0.247 e. The summed E-state index contributed by atoms with van der Waals surface area (Å²) in [6.07, 6.45) is 0. The molecule has 0 radical (unpaired) electrons. The van der Waals surface area contributed by atoms with Gasteiger partial charge in [-0.2, -0.15) is 0 Å². The predicted octanol–water partition coefficient (Wildman–Crippen LogP) is 4.60. The summed E-state index contributed by atoms with van der Waals surface area (Å²) in [5.41, 5.74) is 2.94. The summed E-state index contributed by atoms with van der Waals surface area (Å²) in [6.45, 7) is 3.72. The first-order valence-corrected chi connectivity index (χ1v) is 7.79. The Morgan fingerprint density at radius 3 is 1.52 bits per heavy atom. The first-order valence-electron chi connectivity index (χ1n) is 6.30. The maximum atomic E-state index is 12.0. The van der Waals surface area contributed by atoms with E-state index in [-0.39, 0.29) is 10.2 Å². The largest absolute Gasteiger partial charge is 0.279 e. The Labute approximate surface area is 132 Å². The molecule has 2 aromatic carbocycles. The van der Waals surface area contributed by atoms with E-state index in [4.69, 9.17) is 3.63 Å². The number of carbonyl (C=O) groups excluding carboxylic acids is 2. The van der Waals surface area contributed by atoms with Crippen molar-refractivity contribution in [2.24, 2.45) is 0 Å². The molecule has 0 aliphatic rings. The van der Waals surface area contributed by atoms with Gasteiger partial charge in [0.05, 0.1) is 24.1 Å². The van der Waals surface area contributed by atoms with Gasteiger partial charge in [0, 0.05) is 11.1 Å². The molecule has 0 aromatic heterocycles. The van der Waals surface area contributed by atoms with Crippen LogP contribution < -0.4 is 0 Å². The summed E-state index contributed by atoms with van der Waals surface area (Å²) in [5, 5.41) is -0.420. The third-order valence-electron chi connectivity index (χ3n) is 2.95. The number of carbonyl (C=O) groups is 2. The number of benzene rings is 2. The SMILES string of the molecule is Cc1ccccc1C(=O)SOSC(=O)c1ccccc1C. The van der Waals surface area contributed by atoms with Crippen molar-refractivity contribution in [3.8, 4) is 0 Å². The number of rotatable bonds is 4. The fourth-order valence-corrected chi connectivity index (χ4v) is 3.04. The van der Waals surface area contributed by atoms with Gasteiger partial charge in [-0.1, -0.05) is 48.5 Å². The molecule has 0 atom stereocenters. The molecule has 0 N–H and O–H groups in total. The van der Waals surface area contributed by atoms with E-state index < -0.39 is 0 Å². The molecule has 0 bridgehead atoms. The second kappa shape index (κ2) is 7.45. The van der Waals surface area contributed by atoms with Crippen LogP contribution in [0.3, 0.4) is 0 Å². The Kier molecular flexibility index (Phi) is 5.61. The first kappa shape index (κ1) is 15.8. The molecule has 0 aliphatic heterocycles. The van der Waals surface area contributed by atoms with Crippen LogP contribution in [0.25, 0.3) is 0 Å². The smallest absolute Gasteiger partial charge is 0.247 e. The second-order valence-electron chi connectivity index (χ2n) is 4.44. The molecule has 3 nitrogen and oxygen atoms in total. The van der Waals surface area contributed by atoms with E-state index in [9.17, 15) is 9.59 Å². The molecule has 0 unspecified atom stereocenters. The van der Waals surface area contributed by atoms with Crippen molar-refractivity contribution in [1.29, 1.82) is 0 Å². The van der Waals surface area contributed by atoms with E-state index in [0.717, 1.165) is 11.1 Å². The zero-order chi connectivity index (χ0) is 15.2. The van der Waals surface area contributed by atoms with Gasteiger partial charge < -0.3 is 0 Å². The Balaban J connectivity index is 1.90. The van der Waals surface area contributed by atoms with Gasteiger partial charge >= 0.3 is 0 Å². The van der Waals surface area contributed by atoms with E-state index in [1.54, 1.807) is 24.3 Å². The molecule has 21 heavy (non-hydrogen) atoms. The van der Waals surface area contributed by atoms with Gasteiger partial charge in [0.2, 0.25) is 10.2 Å². The molecule has 2 aromatic rings. The van der Waals surface area contributed by atoms with Crippen LogP contribution in [0.5, 0.6) is 0 Å². The van der Waals surface area contributed by atoms with Crippen molar-refractivity contribution in [3.05, 3.63) is 70.8 Å². The number of hydrogen-bond donors (Lipinski definition) is 0. The van der Waals surface area contributed by atoms with Gasteiger partial charge in [0.25, 0.3) is 0 Å². The quantitative estimate of drug-likeness (QED) is 0.771. The van der Waals surface area contributed by atoms with E-state index in [2.05, 4.69) is 0 Å². The normalized spacial score (nSPS) is 10.4. The molecule has 5 heteroatoms. The lowest BCUT2D eigenvalue weighted by molar-refractivity contribution is 0.108. The van der Waals surface area contributed by atoms with Gasteiger partial charge in [0.15, 0.2) is 0 Å². The van der Waals surface area contributed by atoms with Crippen LogP contribution in [-0.4, -0.2) is 10.2 Å². The van der Waals surface area contributed by atoms with Crippen molar-refractivity contribution in [2.45, 2.75) is 13.8 Å². The zero-order valence-corrected chi connectivity index (χ0v) is 13.3. The van der Waals surface area contributed by atoms with E-state index >= 15 is 0 Å². The first-order chi connectivity index (χ1) is 10.1. The van der Waals surface area contributed by atoms with Crippen LogP contribution in [-0.2, 0) is 3.63 Å². The number of hydrogen-bond acceptors (Lipinski definition) is 5. The monoisotopic (exact) mass is 318 g/mol. The fraction of sp³-hybridized carbons (Fsp3) is 0.125. The van der Waals surface area contributed by atoms with Crippen LogP contribution in [0.4, 0.5) is 0 Å². The summed E-state index contributed by atoms with van der Waals surface area (Å²) in [7, 11) is 0. The average Bonchev–Trinajstić information content (AvgIpc) is 2.48. The lowest BCUT2D eigenvalue weighted by Gasteiger charge is -2.04. The van der Waals surface area contributed by atoms with Gasteiger partial charge in [-0.3, -0.25) is 9.59 Å². The van der Waals surface area contributed by atoms with Crippen molar-refractivity contribution in [1.82, 2.24) is 0 Å². The summed E-state index contributed by atoms with van der Waals surface area (Å²) < 4.78 is 5.11. The Morgan fingerprint density at radius 2 is 1.14 bits per heavy atom. The Morgan fingerprint density at radius 1 is 0.762 bits per heavy atom. The highest BCUT2D eigenvalue weighted by molar-refractivity contribution is 8.22. The summed E-state index contributed by atoms with van der Waals surface area (Å²) in [6, 6.07) is 14.5. The molecule has 0 saturated carbocycles. The topological polar surface area (TPSA) is 43.4 Å². The molecule has 0 aliphatic carbocycles. The minimum Gasteiger partial charge on any atom is -0.279 e. The molecule has 0 spiro atoms. The van der Waals surface area contributed by atoms with E-state index in [0.29, 0.717) is 35.2 Å². The van der Waals surface area contributed by atoms with Crippen molar-refractivity contribution in [2.75, 3.05) is 0 Å². The lowest BCUT2D eigenvalue weighted by Crippen LogP contribution is -1.99. The van der Waals surface area contributed by atoms with Crippen LogP contribution in [0.15, 0.2) is 48.5 Å². The minimum absolute atomic E-state index is 0.210. The highest BCUT2D eigenvalue weighted by atomic mass is 32.2. The Hall–Kier alpha value is -1.56. The van der Waals surface area contributed by atoms with Crippen LogP contribution in [0, 0.1) is 13.8 Å². The molecule has 0 heterocycles. The van der Waals surface area contributed by atoms with Crippen LogP contribution in [0.2, 0.25) is 0 Å². The minimum atomic E-state index is -0.210. The third kappa shape index (κ3) is 4.20. The van der Waals surface area contributed by atoms with Crippen molar-refractivity contribution in [3.63, 3.8) is 0 Å². The third-order valence-corrected chi connectivity index (χ3v) is 4.24. The maximum absolute atomic E-state index is 12.0. The summed E-state index contributed by atoms with van der Waals surface area (Å²) in [4.78, 5) is 23.9. The molecule has 108 valence electrons. The highest BCUT2D eigenvalue weighted by Gasteiger charge is 2.14.